The van der Waals surface area contributed by atoms with Crippen molar-refractivity contribution in [3.63, 3.8) is 0 Å². The molecule has 0 amide bonds. The Morgan fingerprint density at radius 2 is 1.85 bits per heavy atom. The van der Waals surface area contributed by atoms with Crippen molar-refractivity contribution < 1.29 is 14.7 Å². The fraction of sp³-hybridized carbons (Fsp3) is 0.778. The molecule has 0 aliphatic rings. The third-order valence-electron chi connectivity index (χ3n) is 1.38. The Hall–Kier alpha value is -0.510. The molecule has 3 nitrogen and oxygen atoms in total. The Labute approximate surface area is 82.9 Å². The topological polar surface area (TPSA) is 54.4 Å². The summed E-state index contributed by atoms with van der Waals surface area (Å²) in [4.78, 5) is 21.5. The summed E-state index contributed by atoms with van der Waals surface area (Å²) in [6.45, 7) is 7.28. The van der Waals surface area contributed by atoms with Crippen molar-refractivity contribution in [2.45, 2.75) is 39.4 Å². The second kappa shape index (κ2) is 4.65. The van der Waals surface area contributed by atoms with E-state index < -0.39 is 11.2 Å². The fourth-order valence-corrected chi connectivity index (χ4v) is 2.02. The van der Waals surface area contributed by atoms with Crippen molar-refractivity contribution in [1.82, 2.24) is 0 Å². The molecule has 1 unspecified atom stereocenters. The van der Waals surface area contributed by atoms with Crippen LogP contribution in [0.25, 0.3) is 0 Å². The zero-order valence-corrected chi connectivity index (χ0v) is 9.27. The van der Waals surface area contributed by atoms with Crippen LogP contribution in [0.4, 0.5) is 0 Å². The van der Waals surface area contributed by atoms with Gasteiger partial charge in [0.2, 0.25) is 0 Å². The molecule has 0 bridgehead atoms. The number of rotatable bonds is 3. The number of hydrogen-bond donors (Lipinski definition) is 1. The van der Waals surface area contributed by atoms with Crippen molar-refractivity contribution in [3.05, 3.63) is 0 Å². The molecule has 1 N–H and O–H groups in total. The summed E-state index contributed by atoms with van der Waals surface area (Å²) in [6.07, 6.45) is 0.507. The molecule has 0 aromatic carbocycles. The molecule has 0 spiro atoms. The van der Waals surface area contributed by atoms with Gasteiger partial charge in [0.05, 0.1) is 0 Å². The maximum atomic E-state index is 10.7. The SMILES string of the molecule is CC(=O)SC(CC(C)(C)C)C(=O)O. The van der Waals surface area contributed by atoms with Crippen LogP contribution in [0.2, 0.25) is 0 Å². The van der Waals surface area contributed by atoms with E-state index in [9.17, 15) is 9.59 Å². The zero-order valence-electron chi connectivity index (χ0n) is 8.46. The van der Waals surface area contributed by atoms with Crippen LogP contribution in [0.5, 0.6) is 0 Å². The van der Waals surface area contributed by atoms with Gasteiger partial charge in [-0.1, -0.05) is 32.5 Å². The highest BCUT2D eigenvalue weighted by molar-refractivity contribution is 8.14. The molecule has 0 aromatic rings. The minimum absolute atomic E-state index is 0.0640. The molecule has 0 rings (SSSR count). The van der Waals surface area contributed by atoms with Gasteiger partial charge in [-0.25, -0.2) is 0 Å². The molecular formula is C9H16O3S. The second-order valence-corrected chi connectivity index (χ2v) is 5.58. The molecular weight excluding hydrogens is 188 g/mol. The lowest BCUT2D eigenvalue weighted by Crippen LogP contribution is -2.24. The highest BCUT2D eigenvalue weighted by Gasteiger charge is 2.26. The van der Waals surface area contributed by atoms with Crippen LogP contribution in [0.3, 0.4) is 0 Å². The first-order chi connectivity index (χ1) is 5.72. The first kappa shape index (κ1) is 12.5. The lowest BCUT2D eigenvalue weighted by atomic mass is 9.90. The molecule has 76 valence electrons. The minimum Gasteiger partial charge on any atom is -0.480 e. The second-order valence-electron chi connectivity index (χ2n) is 4.20. The van der Waals surface area contributed by atoms with Gasteiger partial charge in [0.1, 0.15) is 5.25 Å². The van der Waals surface area contributed by atoms with E-state index in [0.717, 1.165) is 11.8 Å². The third kappa shape index (κ3) is 6.63. The number of carboxylic acids is 1. The lowest BCUT2D eigenvalue weighted by molar-refractivity contribution is -0.137. The highest BCUT2D eigenvalue weighted by Crippen LogP contribution is 2.28. The summed E-state index contributed by atoms with van der Waals surface area (Å²) in [5.41, 5.74) is -0.0640. The largest absolute Gasteiger partial charge is 0.480 e. The lowest BCUT2D eigenvalue weighted by Gasteiger charge is -2.21. The van der Waals surface area contributed by atoms with Crippen molar-refractivity contribution in [2.75, 3.05) is 0 Å². The molecule has 0 aliphatic carbocycles. The molecule has 0 fully saturated rings. The average molecular weight is 204 g/mol. The normalized spacial score (nSPS) is 13.8. The van der Waals surface area contributed by atoms with Gasteiger partial charge < -0.3 is 5.11 Å². The van der Waals surface area contributed by atoms with Gasteiger partial charge in [0.15, 0.2) is 5.12 Å². The molecule has 0 aliphatic heterocycles. The van der Waals surface area contributed by atoms with Gasteiger partial charge >= 0.3 is 5.97 Å². The molecule has 0 saturated carbocycles. The van der Waals surface area contributed by atoms with E-state index in [1.165, 1.54) is 6.92 Å². The van der Waals surface area contributed by atoms with Crippen LogP contribution in [0, 0.1) is 5.41 Å². The van der Waals surface area contributed by atoms with E-state index in [1.807, 2.05) is 20.8 Å². The van der Waals surface area contributed by atoms with Crippen LogP contribution in [0.1, 0.15) is 34.1 Å². The van der Waals surface area contributed by atoms with E-state index >= 15 is 0 Å². The van der Waals surface area contributed by atoms with Crippen molar-refractivity contribution >= 4 is 22.8 Å². The van der Waals surface area contributed by atoms with Gasteiger partial charge in [-0.3, -0.25) is 9.59 Å². The Kier molecular flexibility index (Phi) is 4.47. The van der Waals surface area contributed by atoms with Gasteiger partial charge in [-0.2, -0.15) is 0 Å². The molecule has 0 radical (unpaired) electrons. The number of carboxylic acid groups (broad SMARTS) is 1. The Bertz CT molecular complexity index is 205. The maximum Gasteiger partial charge on any atom is 0.317 e. The molecule has 1 atom stereocenters. The van der Waals surface area contributed by atoms with E-state index in [1.54, 1.807) is 0 Å². The summed E-state index contributed by atoms with van der Waals surface area (Å²) in [5.74, 6) is -0.907. The van der Waals surface area contributed by atoms with Gasteiger partial charge in [-0.15, -0.1) is 0 Å². The fourth-order valence-electron chi connectivity index (χ4n) is 0.936. The van der Waals surface area contributed by atoms with Gasteiger partial charge in [-0.05, 0) is 11.8 Å². The van der Waals surface area contributed by atoms with Crippen LogP contribution >= 0.6 is 11.8 Å². The molecule has 13 heavy (non-hydrogen) atoms. The number of thioether (sulfide) groups is 1. The van der Waals surface area contributed by atoms with Crippen LogP contribution in [0.15, 0.2) is 0 Å². The summed E-state index contributed by atoms with van der Waals surface area (Å²) >= 11 is 0.896. The Morgan fingerprint density at radius 1 is 1.38 bits per heavy atom. The molecule has 4 heteroatoms. The first-order valence-electron chi connectivity index (χ1n) is 4.12. The summed E-state index contributed by atoms with van der Waals surface area (Å²) in [5, 5.41) is 8.06. The first-order valence-corrected chi connectivity index (χ1v) is 5.00. The zero-order chi connectivity index (χ0) is 10.6. The van der Waals surface area contributed by atoms with Crippen molar-refractivity contribution in [3.8, 4) is 0 Å². The average Bonchev–Trinajstić information content (AvgIpc) is 1.81. The molecule has 0 saturated heterocycles. The summed E-state index contributed by atoms with van der Waals surface area (Å²) in [6, 6.07) is 0. The monoisotopic (exact) mass is 204 g/mol. The van der Waals surface area contributed by atoms with Crippen molar-refractivity contribution in [1.29, 1.82) is 0 Å². The summed E-state index contributed by atoms with van der Waals surface area (Å²) in [7, 11) is 0. The summed E-state index contributed by atoms with van der Waals surface area (Å²) < 4.78 is 0. The standard InChI is InChI=1S/C9H16O3S/c1-6(10)13-7(8(11)12)5-9(2,3)4/h7H,5H2,1-4H3,(H,11,12). The van der Waals surface area contributed by atoms with E-state index in [0.29, 0.717) is 6.42 Å². The Morgan fingerprint density at radius 3 is 2.08 bits per heavy atom. The van der Waals surface area contributed by atoms with Crippen LogP contribution in [-0.2, 0) is 9.59 Å². The van der Waals surface area contributed by atoms with E-state index in [4.69, 9.17) is 5.11 Å². The quantitative estimate of drug-likeness (QED) is 0.765. The van der Waals surface area contributed by atoms with E-state index in [2.05, 4.69) is 0 Å². The molecule has 0 heterocycles. The predicted molar refractivity (Wildman–Crippen MR) is 53.8 cm³/mol. The number of aliphatic carboxylic acids is 1. The Balaban J connectivity index is 4.27. The van der Waals surface area contributed by atoms with Crippen LogP contribution < -0.4 is 0 Å². The number of carbonyl (C=O) groups excluding carboxylic acids is 1. The van der Waals surface area contributed by atoms with E-state index in [-0.39, 0.29) is 10.5 Å². The minimum atomic E-state index is -0.907. The van der Waals surface area contributed by atoms with Gasteiger partial charge in [0.25, 0.3) is 0 Å². The van der Waals surface area contributed by atoms with Gasteiger partial charge in [0, 0.05) is 6.92 Å². The number of hydrogen-bond acceptors (Lipinski definition) is 3. The maximum absolute atomic E-state index is 10.7. The highest BCUT2D eigenvalue weighted by atomic mass is 32.2. The molecule has 0 aromatic heterocycles. The van der Waals surface area contributed by atoms with Crippen molar-refractivity contribution in [2.24, 2.45) is 5.41 Å². The number of carbonyl (C=O) groups is 2. The predicted octanol–water partition coefficient (Wildman–Crippen LogP) is 2.16. The third-order valence-corrected chi connectivity index (χ3v) is 2.37. The smallest absolute Gasteiger partial charge is 0.317 e. The van der Waals surface area contributed by atoms with Crippen LogP contribution in [-0.4, -0.2) is 21.4 Å².